The fourth-order valence-corrected chi connectivity index (χ4v) is 4.69. The minimum atomic E-state index is -0.0784. The second kappa shape index (κ2) is 12.3. The van der Waals surface area contributed by atoms with E-state index in [-0.39, 0.29) is 11.7 Å². The van der Waals surface area contributed by atoms with E-state index in [9.17, 15) is 4.79 Å². The zero-order valence-corrected chi connectivity index (χ0v) is 21.8. The van der Waals surface area contributed by atoms with Gasteiger partial charge in [-0.1, -0.05) is 41.6 Å². The van der Waals surface area contributed by atoms with E-state index in [1.807, 2.05) is 42.7 Å². The summed E-state index contributed by atoms with van der Waals surface area (Å²) < 4.78 is 8.64. The Hall–Kier alpha value is -2.29. The van der Waals surface area contributed by atoms with Gasteiger partial charge in [-0.2, -0.15) is 0 Å². The molecule has 0 spiro atoms. The van der Waals surface area contributed by atoms with Crippen molar-refractivity contribution in [3.05, 3.63) is 75.5 Å². The summed E-state index contributed by atoms with van der Waals surface area (Å²) in [6.45, 7) is 8.97. The van der Waals surface area contributed by atoms with Crippen LogP contribution < -0.4 is 10.1 Å². The van der Waals surface area contributed by atoms with E-state index < -0.39 is 0 Å². The van der Waals surface area contributed by atoms with Crippen LogP contribution in [0.1, 0.15) is 23.4 Å². The number of thioether (sulfide) groups is 1. The van der Waals surface area contributed by atoms with Gasteiger partial charge < -0.3 is 14.6 Å². The number of allylic oxidation sites excluding steroid dienone is 1. The predicted molar refractivity (Wildman–Crippen MR) is 138 cm³/mol. The summed E-state index contributed by atoms with van der Waals surface area (Å²) in [6.07, 6.45) is 3.26. The monoisotopic (exact) mass is 548 g/mol. The molecular formula is C24H26BrClN4O2S. The largest absolute Gasteiger partial charge is 0.492 e. The molecule has 33 heavy (non-hydrogen) atoms. The second-order valence-electron chi connectivity index (χ2n) is 7.41. The van der Waals surface area contributed by atoms with Crippen LogP contribution in [0.4, 0.5) is 5.69 Å². The molecule has 0 saturated heterocycles. The number of amides is 1. The number of benzene rings is 2. The number of carbonyl (C=O) groups is 1. The van der Waals surface area contributed by atoms with Gasteiger partial charge in [0.1, 0.15) is 11.6 Å². The maximum atomic E-state index is 12.5. The van der Waals surface area contributed by atoms with Crippen molar-refractivity contribution in [2.45, 2.75) is 38.4 Å². The SMILES string of the molecule is C=CCn1c(CCCOc2ccc(Cl)cc2Br)nnc1SCC(=O)Nc1cccc(C)c1C. The molecule has 3 aromatic rings. The smallest absolute Gasteiger partial charge is 0.234 e. The zero-order valence-electron chi connectivity index (χ0n) is 18.6. The van der Waals surface area contributed by atoms with E-state index in [0.717, 1.165) is 39.3 Å². The molecule has 6 nitrogen and oxygen atoms in total. The third kappa shape index (κ3) is 7.09. The van der Waals surface area contributed by atoms with Gasteiger partial charge in [-0.25, -0.2) is 0 Å². The number of aromatic nitrogens is 3. The molecule has 174 valence electrons. The number of nitrogens with zero attached hydrogens (tertiary/aromatic N) is 3. The molecule has 0 aliphatic carbocycles. The maximum Gasteiger partial charge on any atom is 0.234 e. The zero-order chi connectivity index (χ0) is 23.8. The summed E-state index contributed by atoms with van der Waals surface area (Å²) in [5.74, 6) is 1.76. The summed E-state index contributed by atoms with van der Waals surface area (Å²) in [4.78, 5) is 12.5. The molecule has 1 amide bonds. The van der Waals surface area contributed by atoms with Gasteiger partial charge >= 0.3 is 0 Å². The molecule has 0 fully saturated rings. The van der Waals surface area contributed by atoms with Crippen LogP contribution >= 0.6 is 39.3 Å². The molecule has 9 heteroatoms. The molecule has 0 aliphatic heterocycles. The van der Waals surface area contributed by atoms with Gasteiger partial charge in [0.05, 0.1) is 16.8 Å². The fourth-order valence-electron chi connectivity index (χ4n) is 3.13. The van der Waals surface area contributed by atoms with Crippen LogP contribution in [-0.2, 0) is 17.8 Å². The van der Waals surface area contributed by atoms with Crippen molar-refractivity contribution in [1.82, 2.24) is 14.8 Å². The lowest BCUT2D eigenvalue weighted by atomic mass is 10.1. The Morgan fingerprint density at radius 1 is 1.30 bits per heavy atom. The van der Waals surface area contributed by atoms with Crippen molar-refractivity contribution in [3.63, 3.8) is 0 Å². The number of carbonyl (C=O) groups excluding carboxylic acids is 1. The lowest BCUT2D eigenvalue weighted by Crippen LogP contribution is -2.16. The standard InChI is InChI=1S/C24H26BrClN4O2S/c1-4-12-30-22(9-6-13-32-21-11-10-18(26)14-19(21)25)28-29-24(30)33-15-23(31)27-20-8-5-7-16(2)17(20)3/h4-5,7-8,10-11,14H,1,6,9,12-13,15H2,2-3H3,(H,27,31). The highest BCUT2D eigenvalue weighted by molar-refractivity contribution is 9.10. The van der Waals surface area contributed by atoms with Crippen LogP contribution in [0, 0.1) is 13.8 Å². The van der Waals surface area contributed by atoms with E-state index in [2.05, 4.69) is 38.0 Å². The summed E-state index contributed by atoms with van der Waals surface area (Å²) in [5.41, 5.74) is 3.05. The molecule has 1 heterocycles. The fraction of sp³-hybridized carbons (Fsp3) is 0.292. The van der Waals surface area contributed by atoms with Gasteiger partial charge in [-0.05, 0) is 71.6 Å². The molecular weight excluding hydrogens is 524 g/mol. The number of anilines is 1. The van der Waals surface area contributed by atoms with Crippen molar-refractivity contribution in [2.24, 2.45) is 0 Å². The first-order valence-corrected chi connectivity index (χ1v) is 12.6. The average Bonchev–Trinajstić information content (AvgIpc) is 3.16. The molecule has 2 aromatic carbocycles. The Labute approximate surface area is 211 Å². The number of hydrogen-bond acceptors (Lipinski definition) is 5. The Morgan fingerprint density at radius 2 is 2.12 bits per heavy atom. The van der Waals surface area contributed by atoms with Gasteiger partial charge in [0, 0.05) is 23.7 Å². The molecule has 0 bridgehead atoms. The highest BCUT2D eigenvalue weighted by atomic mass is 79.9. The maximum absolute atomic E-state index is 12.5. The summed E-state index contributed by atoms with van der Waals surface area (Å²) in [6, 6.07) is 11.3. The van der Waals surface area contributed by atoms with Crippen molar-refractivity contribution in [3.8, 4) is 5.75 Å². The van der Waals surface area contributed by atoms with Gasteiger partial charge in [0.2, 0.25) is 5.91 Å². The highest BCUT2D eigenvalue weighted by Gasteiger charge is 2.14. The van der Waals surface area contributed by atoms with Crippen molar-refractivity contribution < 1.29 is 9.53 Å². The summed E-state index contributed by atoms with van der Waals surface area (Å²) in [5, 5.41) is 12.9. The van der Waals surface area contributed by atoms with Crippen LogP contribution in [0.25, 0.3) is 0 Å². The lowest BCUT2D eigenvalue weighted by Gasteiger charge is -2.11. The molecule has 0 saturated carbocycles. The van der Waals surface area contributed by atoms with E-state index in [1.54, 1.807) is 18.2 Å². The minimum absolute atomic E-state index is 0.0784. The van der Waals surface area contributed by atoms with Gasteiger partial charge in [0.25, 0.3) is 0 Å². The number of halogens is 2. The van der Waals surface area contributed by atoms with E-state index in [1.165, 1.54) is 11.8 Å². The first kappa shape index (κ1) is 25.3. The molecule has 3 rings (SSSR count). The minimum Gasteiger partial charge on any atom is -0.492 e. The Kier molecular flexibility index (Phi) is 9.41. The highest BCUT2D eigenvalue weighted by Crippen LogP contribution is 2.28. The third-order valence-electron chi connectivity index (χ3n) is 5.01. The number of nitrogens with one attached hydrogen (secondary N) is 1. The third-order valence-corrected chi connectivity index (χ3v) is 6.83. The number of aryl methyl sites for hydroxylation is 2. The van der Waals surface area contributed by atoms with Crippen LogP contribution in [0.15, 0.2) is 58.7 Å². The van der Waals surface area contributed by atoms with Crippen LogP contribution in [0.5, 0.6) is 5.75 Å². The quantitative estimate of drug-likeness (QED) is 0.174. The lowest BCUT2D eigenvalue weighted by molar-refractivity contribution is -0.113. The molecule has 1 N–H and O–H groups in total. The normalized spacial score (nSPS) is 10.8. The van der Waals surface area contributed by atoms with E-state index in [0.29, 0.717) is 29.8 Å². The van der Waals surface area contributed by atoms with Crippen molar-refractivity contribution in [2.75, 3.05) is 17.7 Å². The topological polar surface area (TPSA) is 69.0 Å². The summed E-state index contributed by atoms with van der Waals surface area (Å²) in [7, 11) is 0. The van der Waals surface area contributed by atoms with E-state index in [4.69, 9.17) is 16.3 Å². The Morgan fingerprint density at radius 3 is 2.88 bits per heavy atom. The van der Waals surface area contributed by atoms with E-state index >= 15 is 0 Å². The second-order valence-corrected chi connectivity index (χ2v) is 9.64. The molecule has 1 aromatic heterocycles. The first-order chi connectivity index (χ1) is 15.9. The van der Waals surface area contributed by atoms with Crippen LogP contribution in [-0.4, -0.2) is 33.0 Å². The molecule has 0 radical (unpaired) electrons. The first-order valence-electron chi connectivity index (χ1n) is 10.5. The average molecular weight is 550 g/mol. The Balaban J connectivity index is 1.54. The van der Waals surface area contributed by atoms with Gasteiger partial charge in [-0.15, -0.1) is 16.8 Å². The Bertz CT molecular complexity index is 1140. The van der Waals surface area contributed by atoms with Crippen LogP contribution in [0.3, 0.4) is 0 Å². The van der Waals surface area contributed by atoms with Crippen molar-refractivity contribution in [1.29, 1.82) is 0 Å². The number of ether oxygens (including phenoxy) is 1. The molecule has 0 unspecified atom stereocenters. The van der Waals surface area contributed by atoms with Gasteiger partial charge in [0.15, 0.2) is 5.16 Å². The number of rotatable bonds is 11. The molecule has 0 atom stereocenters. The van der Waals surface area contributed by atoms with Crippen molar-refractivity contribution >= 4 is 50.9 Å². The summed E-state index contributed by atoms with van der Waals surface area (Å²) >= 11 is 10.8. The predicted octanol–water partition coefficient (Wildman–Crippen LogP) is 6.24. The number of hydrogen-bond donors (Lipinski definition) is 1. The van der Waals surface area contributed by atoms with Gasteiger partial charge in [-0.3, -0.25) is 4.79 Å². The molecule has 0 aliphatic rings. The van der Waals surface area contributed by atoms with Crippen LogP contribution in [0.2, 0.25) is 5.02 Å².